The van der Waals surface area contributed by atoms with Crippen LogP contribution in [0.5, 0.6) is 0 Å². The molecule has 1 N–H and O–H groups in total. The third kappa shape index (κ3) is 9.24. The van der Waals surface area contributed by atoms with E-state index in [4.69, 9.17) is 4.74 Å². The minimum absolute atomic E-state index is 0.222. The Kier molecular flexibility index (Phi) is 7.95. The maximum atomic E-state index is 12.0. The van der Waals surface area contributed by atoms with Crippen molar-refractivity contribution in [3.8, 4) is 0 Å². The molecule has 1 amide bonds. The van der Waals surface area contributed by atoms with Gasteiger partial charge in [0.05, 0.1) is 0 Å². The van der Waals surface area contributed by atoms with Crippen LogP contribution in [0.15, 0.2) is 0 Å². The third-order valence-electron chi connectivity index (χ3n) is 2.32. The molecule has 0 spiro atoms. The second-order valence-corrected chi connectivity index (χ2v) is 5.73. The van der Waals surface area contributed by atoms with E-state index in [0.29, 0.717) is 6.54 Å². The first-order valence-electron chi connectivity index (χ1n) is 6.53. The molecule has 0 aromatic rings. The van der Waals surface area contributed by atoms with E-state index in [1.807, 2.05) is 41.9 Å². The van der Waals surface area contributed by atoms with Crippen LogP contribution in [0.2, 0.25) is 0 Å². The van der Waals surface area contributed by atoms with E-state index in [1.54, 1.807) is 4.90 Å². The third-order valence-corrected chi connectivity index (χ3v) is 2.32. The Morgan fingerprint density at radius 1 is 1.17 bits per heavy atom. The molecule has 0 bridgehead atoms. The van der Waals surface area contributed by atoms with Crippen LogP contribution < -0.4 is 5.32 Å². The molecule has 0 aliphatic carbocycles. The Hall–Kier alpha value is -0.810. The van der Waals surface area contributed by atoms with Gasteiger partial charge in [0.2, 0.25) is 0 Å². The highest BCUT2D eigenvalue weighted by atomic mass is 16.6. The van der Waals surface area contributed by atoms with Gasteiger partial charge in [-0.25, -0.2) is 4.79 Å². The van der Waals surface area contributed by atoms with Crippen molar-refractivity contribution in [1.29, 1.82) is 0 Å². The zero-order valence-electron chi connectivity index (χ0n) is 12.7. The molecule has 0 unspecified atom stereocenters. The van der Waals surface area contributed by atoms with Crippen molar-refractivity contribution < 1.29 is 9.53 Å². The van der Waals surface area contributed by atoms with Crippen LogP contribution in [0.4, 0.5) is 4.79 Å². The van der Waals surface area contributed by atoms with Crippen LogP contribution in [-0.2, 0) is 4.74 Å². The summed E-state index contributed by atoms with van der Waals surface area (Å²) in [6, 6.07) is 0. The largest absolute Gasteiger partial charge is 0.444 e. The lowest BCUT2D eigenvalue weighted by Gasteiger charge is -2.28. The van der Waals surface area contributed by atoms with Crippen molar-refractivity contribution in [3.05, 3.63) is 0 Å². The number of hydrogen-bond acceptors (Lipinski definition) is 4. The Morgan fingerprint density at radius 3 is 2.22 bits per heavy atom. The summed E-state index contributed by atoms with van der Waals surface area (Å²) in [6.45, 7) is 8.85. The molecule has 5 heteroatoms. The zero-order valence-corrected chi connectivity index (χ0v) is 12.7. The predicted molar refractivity (Wildman–Crippen MR) is 74.9 cm³/mol. The Balaban J connectivity index is 4.29. The van der Waals surface area contributed by atoms with Gasteiger partial charge in [0.15, 0.2) is 0 Å². The molecule has 0 heterocycles. The SMILES string of the molecule is CNCCCN(CCN(C)C)C(=O)OC(C)(C)C. The smallest absolute Gasteiger partial charge is 0.410 e. The summed E-state index contributed by atoms with van der Waals surface area (Å²) in [7, 11) is 5.92. The highest BCUT2D eigenvalue weighted by Gasteiger charge is 2.21. The minimum Gasteiger partial charge on any atom is -0.444 e. The molecule has 0 aromatic carbocycles. The average Bonchev–Trinajstić information content (AvgIpc) is 2.20. The van der Waals surface area contributed by atoms with E-state index < -0.39 is 5.60 Å². The molecule has 0 saturated carbocycles. The number of carbonyl (C=O) groups excluding carboxylic acids is 1. The van der Waals surface area contributed by atoms with Gasteiger partial charge in [-0.3, -0.25) is 0 Å². The minimum atomic E-state index is -0.434. The van der Waals surface area contributed by atoms with E-state index in [-0.39, 0.29) is 6.09 Å². The summed E-state index contributed by atoms with van der Waals surface area (Å²) in [4.78, 5) is 15.9. The molecule has 18 heavy (non-hydrogen) atoms. The molecule has 5 nitrogen and oxygen atoms in total. The fraction of sp³-hybridized carbons (Fsp3) is 0.923. The summed E-state index contributed by atoms with van der Waals surface area (Å²) in [5.74, 6) is 0. The molecule has 0 radical (unpaired) electrons. The zero-order chi connectivity index (χ0) is 14.2. The molecule has 0 saturated heterocycles. The Morgan fingerprint density at radius 2 is 1.78 bits per heavy atom. The van der Waals surface area contributed by atoms with E-state index in [2.05, 4.69) is 10.2 Å². The number of amides is 1. The van der Waals surface area contributed by atoms with Crippen molar-refractivity contribution in [2.45, 2.75) is 32.8 Å². The van der Waals surface area contributed by atoms with Crippen LogP contribution in [0, 0.1) is 0 Å². The second-order valence-electron chi connectivity index (χ2n) is 5.73. The summed E-state index contributed by atoms with van der Waals surface area (Å²) < 4.78 is 5.41. The highest BCUT2D eigenvalue weighted by molar-refractivity contribution is 5.68. The van der Waals surface area contributed by atoms with Crippen molar-refractivity contribution in [1.82, 2.24) is 15.1 Å². The molecular weight excluding hydrogens is 230 g/mol. The van der Waals surface area contributed by atoms with Crippen LogP contribution in [0.1, 0.15) is 27.2 Å². The standard InChI is InChI=1S/C13H29N3O2/c1-13(2,3)18-12(17)16(9-7-8-14-4)11-10-15(5)6/h14H,7-11H2,1-6H3. The number of ether oxygens (including phenoxy) is 1. The lowest BCUT2D eigenvalue weighted by atomic mass is 10.2. The van der Waals surface area contributed by atoms with Crippen LogP contribution in [0.25, 0.3) is 0 Å². The first kappa shape index (κ1) is 17.2. The molecule has 0 aliphatic rings. The van der Waals surface area contributed by atoms with E-state index >= 15 is 0 Å². The van der Waals surface area contributed by atoms with Crippen LogP contribution in [0.3, 0.4) is 0 Å². The molecule has 0 rings (SSSR count). The number of nitrogens with one attached hydrogen (secondary N) is 1. The summed E-state index contributed by atoms with van der Waals surface area (Å²) >= 11 is 0. The predicted octanol–water partition coefficient (Wildman–Crippen LogP) is 1.39. The van der Waals surface area contributed by atoms with Gasteiger partial charge in [0.1, 0.15) is 5.60 Å². The molecule has 108 valence electrons. The number of likely N-dealkylation sites (N-methyl/N-ethyl adjacent to an activating group) is 1. The van der Waals surface area contributed by atoms with Gasteiger partial charge in [0, 0.05) is 19.6 Å². The quantitative estimate of drug-likeness (QED) is 0.702. The number of rotatable bonds is 7. The fourth-order valence-corrected chi connectivity index (χ4v) is 1.39. The maximum absolute atomic E-state index is 12.0. The Labute approximate surface area is 111 Å². The molecular formula is C13H29N3O2. The highest BCUT2D eigenvalue weighted by Crippen LogP contribution is 2.10. The van der Waals surface area contributed by atoms with Gasteiger partial charge in [-0.1, -0.05) is 0 Å². The first-order valence-corrected chi connectivity index (χ1v) is 6.53. The van der Waals surface area contributed by atoms with E-state index in [9.17, 15) is 4.79 Å². The normalized spacial score (nSPS) is 11.7. The fourth-order valence-electron chi connectivity index (χ4n) is 1.39. The summed E-state index contributed by atoms with van der Waals surface area (Å²) in [5, 5.41) is 3.09. The molecule has 0 aromatic heterocycles. The Bertz CT molecular complexity index is 237. The summed E-state index contributed by atoms with van der Waals surface area (Å²) in [5.41, 5.74) is -0.434. The summed E-state index contributed by atoms with van der Waals surface area (Å²) in [6.07, 6.45) is 0.712. The van der Waals surface area contributed by atoms with Gasteiger partial charge in [-0.15, -0.1) is 0 Å². The van der Waals surface area contributed by atoms with Gasteiger partial charge < -0.3 is 19.9 Å². The number of hydrogen-bond donors (Lipinski definition) is 1. The van der Waals surface area contributed by atoms with Gasteiger partial charge >= 0.3 is 6.09 Å². The molecule has 0 fully saturated rings. The second kappa shape index (κ2) is 8.32. The van der Waals surface area contributed by atoms with E-state index in [1.165, 1.54) is 0 Å². The van der Waals surface area contributed by atoms with Crippen molar-refractivity contribution in [2.75, 3.05) is 47.3 Å². The molecule has 0 atom stereocenters. The van der Waals surface area contributed by atoms with Crippen LogP contribution >= 0.6 is 0 Å². The van der Waals surface area contributed by atoms with Crippen molar-refractivity contribution in [2.24, 2.45) is 0 Å². The number of nitrogens with zero attached hydrogens (tertiary/aromatic N) is 2. The van der Waals surface area contributed by atoms with Gasteiger partial charge in [0.25, 0.3) is 0 Å². The van der Waals surface area contributed by atoms with Gasteiger partial charge in [-0.05, 0) is 54.9 Å². The topological polar surface area (TPSA) is 44.8 Å². The average molecular weight is 259 g/mol. The maximum Gasteiger partial charge on any atom is 0.410 e. The molecule has 0 aliphatic heterocycles. The monoisotopic (exact) mass is 259 g/mol. The number of carbonyl (C=O) groups is 1. The van der Waals surface area contributed by atoms with Crippen LogP contribution in [-0.4, -0.2) is 68.8 Å². The van der Waals surface area contributed by atoms with Crippen molar-refractivity contribution >= 4 is 6.09 Å². The lowest BCUT2D eigenvalue weighted by Crippen LogP contribution is -2.41. The first-order chi connectivity index (χ1) is 8.26. The van der Waals surface area contributed by atoms with E-state index in [0.717, 1.165) is 26.1 Å². The van der Waals surface area contributed by atoms with Crippen molar-refractivity contribution in [3.63, 3.8) is 0 Å². The lowest BCUT2D eigenvalue weighted by molar-refractivity contribution is 0.0238. The van der Waals surface area contributed by atoms with Gasteiger partial charge in [-0.2, -0.15) is 0 Å².